The highest BCUT2D eigenvalue weighted by Gasteiger charge is 2.36. The van der Waals surface area contributed by atoms with Crippen molar-refractivity contribution in [3.63, 3.8) is 0 Å². The summed E-state index contributed by atoms with van der Waals surface area (Å²) in [6, 6.07) is 3.80. The van der Waals surface area contributed by atoms with E-state index in [1.54, 1.807) is 14.2 Å². The maximum Gasteiger partial charge on any atom is 0.163 e. The summed E-state index contributed by atoms with van der Waals surface area (Å²) in [5.74, 6) is 2.30. The van der Waals surface area contributed by atoms with E-state index in [1.165, 1.54) is 0 Å². The number of methoxy groups -OCH3 is 2. The summed E-state index contributed by atoms with van der Waals surface area (Å²) in [5, 5.41) is 0. The molecule has 0 bridgehead atoms. The molecule has 1 aromatic carbocycles. The van der Waals surface area contributed by atoms with Crippen molar-refractivity contribution in [3.05, 3.63) is 18.0 Å². The number of rotatable bonds is 4. The van der Waals surface area contributed by atoms with Crippen LogP contribution in [0.3, 0.4) is 0 Å². The molecule has 6 nitrogen and oxygen atoms in total. The molecule has 0 spiro atoms. The van der Waals surface area contributed by atoms with Crippen molar-refractivity contribution in [2.24, 2.45) is 5.73 Å². The lowest BCUT2D eigenvalue weighted by molar-refractivity contribution is 0.0503. The van der Waals surface area contributed by atoms with Crippen LogP contribution in [0.25, 0.3) is 11.0 Å². The van der Waals surface area contributed by atoms with Gasteiger partial charge in [0.15, 0.2) is 11.5 Å². The van der Waals surface area contributed by atoms with Crippen LogP contribution in [0.1, 0.15) is 18.7 Å². The van der Waals surface area contributed by atoms with Gasteiger partial charge in [0.05, 0.1) is 25.3 Å². The molecule has 0 amide bonds. The van der Waals surface area contributed by atoms with Crippen molar-refractivity contribution in [2.45, 2.75) is 18.3 Å². The summed E-state index contributed by atoms with van der Waals surface area (Å²) in [5.41, 5.74) is 7.71. The number of nitrogens with two attached hydrogens (primary N) is 1. The monoisotopic (exact) mass is 291 g/mol. The summed E-state index contributed by atoms with van der Waals surface area (Å²) in [6.07, 6.45) is 1.77. The molecule has 0 unspecified atom stereocenters. The number of benzene rings is 1. The highest BCUT2D eigenvalue weighted by atomic mass is 16.5. The Morgan fingerprint density at radius 1 is 1.24 bits per heavy atom. The van der Waals surface area contributed by atoms with Gasteiger partial charge in [-0.25, -0.2) is 4.98 Å². The molecule has 2 heterocycles. The first-order valence-corrected chi connectivity index (χ1v) is 7.12. The molecule has 2 aromatic rings. The first-order valence-electron chi connectivity index (χ1n) is 7.12. The Morgan fingerprint density at radius 2 is 1.90 bits per heavy atom. The lowest BCUT2D eigenvalue weighted by atomic mass is 9.79. The fourth-order valence-electron chi connectivity index (χ4n) is 2.89. The van der Waals surface area contributed by atoms with Crippen molar-refractivity contribution in [1.82, 2.24) is 9.97 Å². The largest absolute Gasteiger partial charge is 0.493 e. The third-order valence-corrected chi connectivity index (χ3v) is 4.33. The minimum Gasteiger partial charge on any atom is -0.493 e. The molecule has 1 aromatic heterocycles. The highest BCUT2D eigenvalue weighted by molar-refractivity contribution is 5.80. The summed E-state index contributed by atoms with van der Waals surface area (Å²) in [7, 11) is 3.25. The first-order chi connectivity index (χ1) is 10.2. The molecule has 0 aliphatic carbocycles. The Kier molecular flexibility index (Phi) is 3.73. The Bertz CT molecular complexity index is 591. The van der Waals surface area contributed by atoms with Gasteiger partial charge < -0.3 is 24.9 Å². The Labute approximate surface area is 123 Å². The summed E-state index contributed by atoms with van der Waals surface area (Å²) < 4.78 is 16.1. The molecule has 0 saturated carbocycles. The van der Waals surface area contributed by atoms with Gasteiger partial charge in [-0.05, 0) is 12.8 Å². The molecule has 1 fully saturated rings. The number of H-pyrrole nitrogens is 1. The Morgan fingerprint density at radius 3 is 2.52 bits per heavy atom. The molecule has 3 N–H and O–H groups in total. The third-order valence-electron chi connectivity index (χ3n) is 4.33. The van der Waals surface area contributed by atoms with Crippen LogP contribution in [-0.4, -0.2) is 43.9 Å². The first kappa shape index (κ1) is 14.2. The van der Waals surface area contributed by atoms with Crippen LogP contribution < -0.4 is 15.2 Å². The van der Waals surface area contributed by atoms with Gasteiger partial charge in [-0.1, -0.05) is 0 Å². The maximum absolute atomic E-state index is 6.04. The third kappa shape index (κ3) is 2.34. The van der Waals surface area contributed by atoms with Gasteiger partial charge in [-0.15, -0.1) is 0 Å². The van der Waals surface area contributed by atoms with Gasteiger partial charge in [-0.3, -0.25) is 0 Å². The Hall–Kier alpha value is -1.79. The van der Waals surface area contributed by atoms with Crippen LogP contribution >= 0.6 is 0 Å². The SMILES string of the molecule is COc1cc2nc(C3(CN)CCOCC3)[nH]c2cc1OC. The normalized spacial score (nSPS) is 17.9. The van der Waals surface area contributed by atoms with Crippen LogP contribution in [-0.2, 0) is 10.2 Å². The van der Waals surface area contributed by atoms with Crippen LogP contribution in [0, 0.1) is 0 Å². The second-order valence-corrected chi connectivity index (χ2v) is 5.41. The van der Waals surface area contributed by atoms with E-state index in [1.807, 2.05) is 12.1 Å². The second-order valence-electron chi connectivity index (χ2n) is 5.41. The zero-order valence-electron chi connectivity index (χ0n) is 12.4. The number of hydrogen-bond donors (Lipinski definition) is 2. The molecule has 21 heavy (non-hydrogen) atoms. The number of nitrogens with zero attached hydrogens (tertiary/aromatic N) is 1. The number of aromatic amines is 1. The number of imidazole rings is 1. The van der Waals surface area contributed by atoms with Crippen LogP contribution in [0.15, 0.2) is 12.1 Å². The number of ether oxygens (including phenoxy) is 3. The molecule has 1 aliphatic rings. The van der Waals surface area contributed by atoms with Crippen LogP contribution in [0.2, 0.25) is 0 Å². The van der Waals surface area contributed by atoms with Gasteiger partial charge in [0, 0.05) is 37.3 Å². The number of nitrogens with one attached hydrogen (secondary N) is 1. The lowest BCUT2D eigenvalue weighted by Gasteiger charge is -2.34. The minimum absolute atomic E-state index is 0.127. The van der Waals surface area contributed by atoms with Gasteiger partial charge in [0.25, 0.3) is 0 Å². The zero-order chi connectivity index (χ0) is 14.9. The fourth-order valence-corrected chi connectivity index (χ4v) is 2.89. The highest BCUT2D eigenvalue weighted by Crippen LogP contribution is 2.36. The molecular formula is C15H21N3O3. The van der Waals surface area contributed by atoms with Crippen molar-refractivity contribution in [3.8, 4) is 11.5 Å². The average molecular weight is 291 g/mol. The van der Waals surface area contributed by atoms with E-state index in [0.29, 0.717) is 18.0 Å². The molecule has 1 aliphatic heterocycles. The van der Waals surface area contributed by atoms with Crippen molar-refractivity contribution >= 4 is 11.0 Å². The van der Waals surface area contributed by atoms with E-state index < -0.39 is 0 Å². The standard InChI is InChI=1S/C15H21N3O3/c1-19-12-7-10-11(8-13(12)20-2)18-14(17-10)15(9-16)3-5-21-6-4-15/h7-8H,3-6,9,16H2,1-2H3,(H,17,18). The molecular weight excluding hydrogens is 270 g/mol. The van der Waals surface area contributed by atoms with Crippen molar-refractivity contribution in [2.75, 3.05) is 34.0 Å². The predicted molar refractivity (Wildman–Crippen MR) is 80.0 cm³/mol. The predicted octanol–water partition coefficient (Wildman–Crippen LogP) is 1.59. The quantitative estimate of drug-likeness (QED) is 0.894. The minimum atomic E-state index is -0.127. The van der Waals surface area contributed by atoms with E-state index in [2.05, 4.69) is 4.98 Å². The van der Waals surface area contributed by atoms with Gasteiger partial charge in [-0.2, -0.15) is 0 Å². The molecule has 114 valence electrons. The molecule has 0 radical (unpaired) electrons. The fraction of sp³-hybridized carbons (Fsp3) is 0.533. The van der Waals surface area contributed by atoms with E-state index in [9.17, 15) is 0 Å². The Balaban J connectivity index is 2.07. The van der Waals surface area contributed by atoms with Crippen molar-refractivity contribution < 1.29 is 14.2 Å². The van der Waals surface area contributed by atoms with Crippen LogP contribution in [0.4, 0.5) is 0 Å². The molecule has 1 saturated heterocycles. The average Bonchev–Trinajstić information content (AvgIpc) is 2.97. The van der Waals surface area contributed by atoms with E-state index in [-0.39, 0.29) is 5.41 Å². The van der Waals surface area contributed by atoms with E-state index in [4.69, 9.17) is 24.9 Å². The van der Waals surface area contributed by atoms with Gasteiger partial charge >= 0.3 is 0 Å². The smallest absolute Gasteiger partial charge is 0.163 e. The molecule has 0 atom stereocenters. The van der Waals surface area contributed by atoms with E-state index in [0.717, 1.165) is 42.9 Å². The number of hydrogen-bond acceptors (Lipinski definition) is 5. The summed E-state index contributed by atoms with van der Waals surface area (Å²) in [6.45, 7) is 2.01. The van der Waals surface area contributed by atoms with Crippen molar-refractivity contribution in [1.29, 1.82) is 0 Å². The maximum atomic E-state index is 6.04. The number of aromatic nitrogens is 2. The number of fused-ring (bicyclic) bond motifs is 1. The lowest BCUT2D eigenvalue weighted by Crippen LogP contribution is -2.41. The topological polar surface area (TPSA) is 82.4 Å². The second kappa shape index (κ2) is 5.54. The van der Waals surface area contributed by atoms with Crippen LogP contribution in [0.5, 0.6) is 11.5 Å². The molecule has 3 rings (SSSR count). The zero-order valence-corrected chi connectivity index (χ0v) is 12.4. The van der Waals surface area contributed by atoms with Gasteiger partial charge in [0.2, 0.25) is 0 Å². The molecule has 6 heteroatoms. The summed E-state index contributed by atoms with van der Waals surface area (Å²) >= 11 is 0. The van der Waals surface area contributed by atoms with Gasteiger partial charge in [0.1, 0.15) is 5.82 Å². The van der Waals surface area contributed by atoms with E-state index >= 15 is 0 Å². The summed E-state index contributed by atoms with van der Waals surface area (Å²) in [4.78, 5) is 8.14.